The van der Waals surface area contributed by atoms with E-state index in [1.165, 1.54) is 0 Å². The number of benzene rings is 1. The van der Waals surface area contributed by atoms with Crippen molar-refractivity contribution in [3.05, 3.63) is 29.4 Å². The third-order valence-electron chi connectivity index (χ3n) is 2.47. The van der Waals surface area contributed by atoms with Gasteiger partial charge in [-0.2, -0.15) is 0 Å². The number of rotatable bonds is 1. The summed E-state index contributed by atoms with van der Waals surface area (Å²) in [5, 5.41) is 0. The van der Waals surface area contributed by atoms with E-state index in [0.29, 0.717) is 0 Å². The van der Waals surface area contributed by atoms with Gasteiger partial charge in [0.15, 0.2) is 5.82 Å². The van der Waals surface area contributed by atoms with E-state index in [1.807, 2.05) is 30.6 Å². The molecule has 0 fully saturated rings. The number of hydrogen-bond acceptors (Lipinski definition) is 4. The molecule has 16 heavy (non-hydrogen) atoms. The lowest BCUT2D eigenvalue weighted by Gasteiger charge is -1.90. The van der Waals surface area contributed by atoms with Gasteiger partial charge in [0, 0.05) is 5.69 Å². The van der Waals surface area contributed by atoms with Crippen LogP contribution in [0.5, 0.6) is 0 Å². The fourth-order valence-electron chi connectivity index (χ4n) is 1.66. The van der Waals surface area contributed by atoms with Gasteiger partial charge < -0.3 is 10.7 Å². The maximum atomic E-state index is 5.72. The molecule has 2 aromatic heterocycles. The second-order valence-corrected chi connectivity index (χ2v) is 4.48. The molecule has 80 valence electrons. The molecule has 0 spiro atoms. The Balaban J connectivity index is 2.23. The van der Waals surface area contributed by atoms with Crippen LogP contribution in [0.3, 0.4) is 0 Å². The summed E-state index contributed by atoms with van der Waals surface area (Å²) in [6, 6.07) is 5.66. The Morgan fingerprint density at radius 2 is 2.25 bits per heavy atom. The third kappa shape index (κ3) is 1.37. The molecular weight excluding hydrogens is 220 g/mol. The second-order valence-electron chi connectivity index (χ2n) is 3.63. The summed E-state index contributed by atoms with van der Waals surface area (Å²) in [6.07, 6.45) is 0. The fraction of sp³-hybridized carbons (Fsp3) is 0.0909. The van der Waals surface area contributed by atoms with E-state index in [-0.39, 0.29) is 0 Å². The number of anilines is 1. The van der Waals surface area contributed by atoms with Crippen molar-refractivity contribution in [2.75, 3.05) is 5.73 Å². The Morgan fingerprint density at radius 3 is 3.00 bits per heavy atom. The topological polar surface area (TPSA) is 67.6 Å². The molecule has 0 amide bonds. The summed E-state index contributed by atoms with van der Waals surface area (Å²) >= 11 is 1.59. The summed E-state index contributed by atoms with van der Waals surface area (Å²) < 4.78 is 0. The van der Waals surface area contributed by atoms with Crippen LogP contribution in [0.15, 0.2) is 23.7 Å². The van der Waals surface area contributed by atoms with Gasteiger partial charge in [-0.05, 0) is 25.1 Å². The maximum Gasteiger partial charge on any atom is 0.150 e. The first-order valence-electron chi connectivity index (χ1n) is 4.90. The van der Waals surface area contributed by atoms with Crippen molar-refractivity contribution >= 4 is 28.1 Å². The molecular formula is C11H10N4S. The van der Waals surface area contributed by atoms with Crippen molar-refractivity contribution in [1.82, 2.24) is 15.0 Å². The van der Waals surface area contributed by atoms with E-state index in [2.05, 4.69) is 15.0 Å². The van der Waals surface area contributed by atoms with Crippen LogP contribution in [-0.4, -0.2) is 15.0 Å². The zero-order chi connectivity index (χ0) is 11.1. The van der Waals surface area contributed by atoms with Crippen LogP contribution in [0, 0.1) is 6.92 Å². The van der Waals surface area contributed by atoms with Crippen LogP contribution in [0.1, 0.15) is 5.69 Å². The number of H-pyrrole nitrogens is 1. The number of nitrogens with zero attached hydrogens (tertiary/aromatic N) is 2. The molecule has 3 rings (SSSR count). The Bertz CT molecular complexity index is 653. The lowest BCUT2D eigenvalue weighted by Crippen LogP contribution is -1.82. The van der Waals surface area contributed by atoms with Gasteiger partial charge in [0.25, 0.3) is 0 Å². The minimum absolute atomic E-state index is 0.740. The molecule has 0 aliphatic heterocycles. The van der Waals surface area contributed by atoms with Crippen LogP contribution >= 0.6 is 11.3 Å². The molecule has 2 heterocycles. The smallest absolute Gasteiger partial charge is 0.150 e. The first-order chi connectivity index (χ1) is 7.74. The van der Waals surface area contributed by atoms with Gasteiger partial charge in [0.2, 0.25) is 0 Å². The molecule has 0 bridgehead atoms. The first-order valence-corrected chi connectivity index (χ1v) is 5.78. The Labute approximate surface area is 96.2 Å². The highest BCUT2D eigenvalue weighted by atomic mass is 32.1. The number of aromatic amines is 1. The maximum absolute atomic E-state index is 5.72. The molecule has 0 saturated heterocycles. The zero-order valence-electron chi connectivity index (χ0n) is 8.69. The average Bonchev–Trinajstić information content (AvgIpc) is 2.82. The molecule has 0 saturated carbocycles. The van der Waals surface area contributed by atoms with E-state index in [0.717, 1.165) is 33.1 Å². The lowest BCUT2D eigenvalue weighted by atomic mass is 10.3. The van der Waals surface area contributed by atoms with Crippen LogP contribution in [0.25, 0.3) is 21.7 Å². The number of thiazole rings is 1. The largest absolute Gasteiger partial charge is 0.399 e. The number of aromatic nitrogens is 3. The number of aryl methyl sites for hydroxylation is 1. The summed E-state index contributed by atoms with van der Waals surface area (Å²) in [7, 11) is 0. The Morgan fingerprint density at radius 1 is 1.38 bits per heavy atom. The SMILES string of the molecule is Cc1ncsc1-c1nc2ccc(N)cc2[nH]1. The van der Waals surface area contributed by atoms with E-state index >= 15 is 0 Å². The number of fused-ring (bicyclic) bond motifs is 1. The fourth-order valence-corrected chi connectivity index (χ4v) is 2.41. The van der Waals surface area contributed by atoms with Gasteiger partial charge >= 0.3 is 0 Å². The van der Waals surface area contributed by atoms with Crippen LogP contribution in [-0.2, 0) is 0 Å². The van der Waals surface area contributed by atoms with Crippen LogP contribution in [0.2, 0.25) is 0 Å². The molecule has 0 unspecified atom stereocenters. The minimum atomic E-state index is 0.740. The number of nitrogen functional groups attached to an aromatic ring is 1. The highest BCUT2D eigenvalue weighted by Gasteiger charge is 2.09. The summed E-state index contributed by atoms with van der Waals surface area (Å²) in [4.78, 5) is 13.1. The summed E-state index contributed by atoms with van der Waals surface area (Å²) in [5.74, 6) is 0.862. The van der Waals surface area contributed by atoms with Crippen molar-refractivity contribution < 1.29 is 0 Å². The molecule has 0 atom stereocenters. The molecule has 1 aromatic carbocycles. The number of nitrogens with two attached hydrogens (primary N) is 1. The van der Waals surface area contributed by atoms with E-state index in [9.17, 15) is 0 Å². The second kappa shape index (κ2) is 3.31. The number of nitrogens with one attached hydrogen (secondary N) is 1. The standard InChI is InChI=1S/C11H10N4S/c1-6-10(16-5-13-6)11-14-8-3-2-7(12)4-9(8)15-11/h2-5H,12H2,1H3,(H,14,15). The molecule has 0 aliphatic rings. The Kier molecular flexibility index (Phi) is 1.94. The van der Waals surface area contributed by atoms with Gasteiger partial charge in [-0.15, -0.1) is 11.3 Å². The average molecular weight is 230 g/mol. The van der Waals surface area contributed by atoms with Crippen LogP contribution < -0.4 is 5.73 Å². The third-order valence-corrected chi connectivity index (χ3v) is 3.40. The quantitative estimate of drug-likeness (QED) is 0.631. The first kappa shape index (κ1) is 9.35. The molecule has 0 radical (unpaired) electrons. The van der Waals surface area contributed by atoms with E-state index in [4.69, 9.17) is 5.73 Å². The predicted octanol–water partition coefficient (Wildman–Crippen LogP) is 2.58. The monoisotopic (exact) mass is 230 g/mol. The van der Waals surface area contributed by atoms with Gasteiger partial charge in [-0.25, -0.2) is 9.97 Å². The minimum Gasteiger partial charge on any atom is -0.399 e. The summed E-state index contributed by atoms with van der Waals surface area (Å²) in [5.41, 5.74) is 11.2. The molecule has 0 aliphatic carbocycles. The highest BCUT2D eigenvalue weighted by Crippen LogP contribution is 2.27. The van der Waals surface area contributed by atoms with Gasteiger partial charge in [0.05, 0.1) is 27.1 Å². The Hall–Kier alpha value is -1.88. The summed E-state index contributed by atoms with van der Waals surface area (Å²) in [6.45, 7) is 1.98. The number of hydrogen-bond donors (Lipinski definition) is 2. The van der Waals surface area contributed by atoms with Crippen LogP contribution in [0.4, 0.5) is 5.69 Å². The lowest BCUT2D eigenvalue weighted by molar-refractivity contribution is 1.24. The molecule has 4 nitrogen and oxygen atoms in total. The highest BCUT2D eigenvalue weighted by molar-refractivity contribution is 7.13. The van der Waals surface area contributed by atoms with E-state index < -0.39 is 0 Å². The van der Waals surface area contributed by atoms with Crippen molar-refractivity contribution in [3.63, 3.8) is 0 Å². The van der Waals surface area contributed by atoms with Crippen molar-refractivity contribution in [2.24, 2.45) is 0 Å². The molecule has 3 N–H and O–H groups in total. The molecule has 5 heteroatoms. The van der Waals surface area contributed by atoms with Crippen molar-refractivity contribution in [3.8, 4) is 10.7 Å². The van der Waals surface area contributed by atoms with Crippen molar-refractivity contribution in [1.29, 1.82) is 0 Å². The van der Waals surface area contributed by atoms with Gasteiger partial charge in [-0.3, -0.25) is 0 Å². The predicted molar refractivity (Wildman–Crippen MR) is 66.4 cm³/mol. The molecule has 3 aromatic rings. The number of imidazole rings is 1. The van der Waals surface area contributed by atoms with Gasteiger partial charge in [-0.1, -0.05) is 0 Å². The van der Waals surface area contributed by atoms with E-state index in [1.54, 1.807) is 11.3 Å². The van der Waals surface area contributed by atoms with Gasteiger partial charge in [0.1, 0.15) is 0 Å². The normalized spacial score (nSPS) is 11.1. The zero-order valence-corrected chi connectivity index (χ0v) is 9.51. The van der Waals surface area contributed by atoms with Crippen molar-refractivity contribution in [2.45, 2.75) is 6.92 Å².